The van der Waals surface area contributed by atoms with E-state index in [1.165, 1.54) is 18.2 Å². The number of hydrogen-bond acceptors (Lipinski definition) is 3. The Labute approximate surface area is 108 Å². The predicted octanol–water partition coefficient (Wildman–Crippen LogP) is 1.19. The fourth-order valence-corrected chi connectivity index (χ4v) is 1.91. The highest BCUT2D eigenvalue weighted by atomic mass is 16.4. The molecule has 0 saturated carbocycles. The number of hydrogen-bond donors (Lipinski definition) is 2. The predicted molar refractivity (Wildman–Crippen MR) is 70.7 cm³/mol. The fraction of sp³-hybridized carbons (Fsp3) is 0.308. The average molecular weight is 262 g/mol. The van der Waals surface area contributed by atoms with E-state index in [1.807, 2.05) is 6.92 Å². The maximum absolute atomic E-state index is 12.1. The van der Waals surface area contributed by atoms with Crippen LogP contribution < -0.4 is 11.2 Å². The zero-order chi connectivity index (χ0) is 14.0. The summed E-state index contributed by atoms with van der Waals surface area (Å²) in [6.07, 6.45) is 1.61. The summed E-state index contributed by atoms with van der Waals surface area (Å²) in [4.78, 5) is 37.3. The molecule has 0 saturated heterocycles. The fourth-order valence-electron chi connectivity index (χ4n) is 1.91. The number of aromatic amines is 1. The number of benzene rings is 1. The van der Waals surface area contributed by atoms with Crippen LogP contribution in [0.25, 0.3) is 10.9 Å². The summed E-state index contributed by atoms with van der Waals surface area (Å²) in [5.41, 5.74) is -0.603. The standard InChI is InChI=1S/C13H14N2O4/c1-2-3-6-15-11(16)9-5-4-8(12(17)18)7-10(9)14-13(15)19/h4-5,7H,2-3,6H2,1H3,(H,14,19)(H,17,18). The maximum Gasteiger partial charge on any atom is 0.335 e. The number of fused-ring (bicyclic) bond motifs is 1. The summed E-state index contributed by atoms with van der Waals surface area (Å²) in [6, 6.07) is 4.08. The van der Waals surface area contributed by atoms with Crippen LogP contribution in [0.2, 0.25) is 0 Å². The van der Waals surface area contributed by atoms with E-state index in [2.05, 4.69) is 4.98 Å². The molecule has 6 nitrogen and oxygen atoms in total. The molecule has 0 aliphatic carbocycles. The molecule has 0 unspecified atom stereocenters. The van der Waals surface area contributed by atoms with Gasteiger partial charge in [0.05, 0.1) is 16.5 Å². The van der Waals surface area contributed by atoms with Crippen LogP contribution >= 0.6 is 0 Å². The van der Waals surface area contributed by atoms with E-state index < -0.39 is 11.7 Å². The van der Waals surface area contributed by atoms with Crippen molar-refractivity contribution in [3.05, 3.63) is 44.6 Å². The van der Waals surface area contributed by atoms with Gasteiger partial charge in [0, 0.05) is 6.54 Å². The molecule has 1 heterocycles. The number of nitrogens with zero attached hydrogens (tertiary/aromatic N) is 1. The number of H-pyrrole nitrogens is 1. The Morgan fingerprint density at radius 1 is 1.37 bits per heavy atom. The molecule has 0 aliphatic heterocycles. The Kier molecular flexibility index (Phi) is 3.50. The van der Waals surface area contributed by atoms with Crippen LogP contribution in [0.1, 0.15) is 30.1 Å². The van der Waals surface area contributed by atoms with Crippen molar-refractivity contribution in [2.45, 2.75) is 26.3 Å². The van der Waals surface area contributed by atoms with Crippen molar-refractivity contribution in [3.63, 3.8) is 0 Å². The quantitative estimate of drug-likeness (QED) is 0.865. The van der Waals surface area contributed by atoms with Crippen LogP contribution in [0.4, 0.5) is 0 Å². The second-order valence-electron chi connectivity index (χ2n) is 4.31. The Bertz CT molecular complexity index is 742. The minimum atomic E-state index is -1.10. The van der Waals surface area contributed by atoms with Gasteiger partial charge in [-0.05, 0) is 24.6 Å². The number of rotatable bonds is 4. The normalized spacial score (nSPS) is 10.8. The molecular weight excluding hydrogens is 248 g/mol. The van der Waals surface area contributed by atoms with Gasteiger partial charge in [-0.3, -0.25) is 9.36 Å². The van der Waals surface area contributed by atoms with Crippen LogP contribution in [0.15, 0.2) is 27.8 Å². The first kappa shape index (κ1) is 13.1. The molecule has 2 N–H and O–H groups in total. The van der Waals surface area contributed by atoms with Gasteiger partial charge in [0.25, 0.3) is 5.56 Å². The molecule has 0 spiro atoms. The smallest absolute Gasteiger partial charge is 0.335 e. The largest absolute Gasteiger partial charge is 0.478 e. The lowest BCUT2D eigenvalue weighted by Gasteiger charge is -2.06. The molecule has 0 amide bonds. The van der Waals surface area contributed by atoms with Crippen LogP contribution in [0, 0.1) is 0 Å². The summed E-state index contributed by atoms with van der Waals surface area (Å²) >= 11 is 0. The van der Waals surface area contributed by atoms with E-state index in [-0.39, 0.29) is 16.6 Å². The van der Waals surface area contributed by atoms with Crippen molar-refractivity contribution >= 4 is 16.9 Å². The monoisotopic (exact) mass is 262 g/mol. The summed E-state index contributed by atoms with van der Waals surface area (Å²) in [6.45, 7) is 2.33. The van der Waals surface area contributed by atoms with Gasteiger partial charge in [-0.15, -0.1) is 0 Å². The lowest BCUT2D eigenvalue weighted by Crippen LogP contribution is -2.35. The third-order valence-electron chi connectivity index (χ3n) is 2.96. The number of carboxylic acid groups (broad SMARTS) is 1. The highest BCUT2D eigenvalue weighted by Gasteiger charge is 2.10. The van der Waals surface area contributed by atoms with Crippen molar-refractivity contribution in [3.8, 4) is 0 Å². The van der Waals surface area contributed by atoms with Gasteiger partial charge in [0.15, 0.2) is 0 Å². The van der Waals surface area contributed by atoms with Crippen LogP contribution in [-0.4, -0.2) is 20.6 Å². The van der Waals surface area contributed by atoms with E-state index in [1.54, 1.807) is 0 Å². The van der Waals surface area contributed by atoms with Gasteiger partial charge < -0.3 is 10.1 Å². The first-order chi connectivity index (χ1) is 9.04. The summed E-state index contributed by atoms with van der Waals surface area (Å²) in [7, 11) is 0. The third-order valence-corrected chi connectivity index (χ3v) is 2.96. The molecule has 0 radical (unpaired) electrons. The minimum Gasteiger partial charge on any atom is -0.478 e. The van der Waals surface area contributed by atoms with Gasteiger partial charge in [-0.2, -0.15) is 0 Å². The van der Waals surface area contributed by atoms with E-state index in [9.17, 15) is 14.4 Å². The zero-order valence-electron chi connectivity index (χ0n) is 10.5. The zero-order valence-corrected chi connectivity index (χ0v) is 10.5. The number of carbonyl (C=O) groups is 1. The number of carboxylic acids is 1. The molecule has 1 aromatic carbocycles. The van der Waals surface area contributed by atoms with E-state index in [4.69, 9.17) is 5.11 Å². The molecule has 0 bridgehead atoms. The molecule has 0 fully saturated rings. The van der Waals surface area contributed by atoms with Gasteiger partial charge in [0.1, 0.15) is 0 Å². The number of aromatic carboxylic acids is 1. The minimum absolute atomic E-state index is 0.0360. The molecule has 2 aromatic rings. The van der Waals surface area contributed by atoms with Crippen molar-refractivity contribution in [1.82, 2.24) is 9.55 Å². The lowest BCUT2D eigenvalue weighted by molar-refractivity contribution is 0.0697. The lowest BCUT2D eigenvalue weighted by atomic mass is 10.1. The molecular formula is C13H14N2O4. The van der Waals surface area contributed by atoms with Gasteiger partial charge in [0.2, 0.25) is 0 Å². The highest BCUT2D eigenvalue weighted by Crippen LogP contribution is 2.09. The van der Waals surface area contributed by atoms with Crippen LogP contribution in [0.5, 0.6) is 0 Å². The Morgan fingerprint density at radius 2 is 2.11 bits per heavy atom. The molecule has 2 rings (SSSR count). The van der Waals surface area contributed by atoms with Crippen molar-refractivity contribution in [2.24, 2.45) is 0 Å². The van der Waals surface area contributed by atoms with E-state index in [0.29, 0.717) is 11.9 Å². The Morgan fingerprint density at radius 3 is 2.74 bits per heavy atom. The van der Waals surface area contributed by atoms with Gasteiger partial charge in [-0.25, -0.2) is 9.59 Å². The SMILES string of the molecule is CCCCn1c(=O)[nH]c2cc(C(=O)O)ccc2c1=O. The Hall–Kier alpha value is -2.37. The number of unbranched alkanes of at least 4 members (excludes halogenated alkanes) is 1. The second-order valence-corrected chi connectivity index (χ2v) is 4.31. The highest BCUT2D eigenvalue weighted by molar-refractivity contribution is 5.92. The van der Waals surface area contributed by atoms with Crippen LogP contribution in [0.3, 0.4) is 0 Å². The van der Waals surface area contributed by atoms with Crippen molar-refractivity contribution < 1.29 is 9.90 Å². The molecule has 0 atom stereocenters. The first-order valence-electron chi connectivity index (χ1n) is 6.04. The van der Waals surface area contributed by atoms with E-state index >= 15 is 0 Å². The van der Waals surface area contributed by atoms with Crippen molar-refractivity contribution in [1.29, 1.82) is 0 Å². The van der Waals surface area contributed by atoms with E-state index in [0.717, 1.165) is 17.4 Å². The van der Waals surface area contributed by atoms with Gasteiger partial charge >= 0.3 is 11.7 Å². The summed E-state index contributed by atoms with van der Waals surface area (Å²) in [5, 5.41) is 9.20. The number of nitrogens with one attached hydrogen (secondary N) is 1. The molecule has 0 aliphatic rings. The summed E-state index contributed by atoms with van der Waals surface area (Å²) in [5.74, 6) is -1.10. The average Bonchev–Trinajstić information content (AvgIpc) is 2.37. The Balaban J connectivity index is 2.66. The molecule has 100 valence electrons. The molecule has 1 aromatic heterocycles. The third kappa shape index (κ3) is 2.42. The van der Waals surface area contributed by atoms with Gasteiger partial charge in [-0.1, -0.05) is 13.3 Å². The summed E-state index contributed by atoms with van der Waals surface area (Å²) < 4.78 is 1.15. The molecule has 19 heavy (non-hydrogen) atoms. The topological polar surface area (TPSA) is 92.2 Å². The second kappa shape index (κ2) is 5.09. The first-order valence-corrected chi connectivity index (χ1v) is 6.04. The van der Waals surface area contributed by atoms with Crippen LogP contribution in [-0.2, 0) is 6.54 Å². The maximum atomic E-state index is 12.1. The molecule has 6 heteroatoms. The number of aromatic nitrogens is 2. The van der Waals surface area contributed by atoms with Crippen molar-refractivity contribution in [2.75, 3.05) is 0 Å².